The van der Waals surface area contributed by atoms with Gasteiger partial charge >= 0.3 is 0 Å². The zero-order valence-electron chi connectivity index (χ0n) is 13.0. The van der Waals surface area contributed by atoms with Gasteiger partial charge in [0.15, 0.2) is 0 Å². The van der Waals surface area contributed by atoms with E-state index in [0.29, 0.717) is 32.6 Å². The van der Waals surface area contributed by atoms with E-state index in [1.165, 1.54) is 5.56 Å². The van der Waals surface area contributed by atoms with Crippen molar-refractivity contribution >= 4 is 11.8 Å². The van der Waals surface area contributed by atoms with E-state index in [-0.39, 0.29) is 17.7 Å². The van der Waals surface area contributed by atoms with Crippen molar-refractivity contribution < 1.29 is 9.59 Å². The Bertz CT molecular complexity index is 544. The molecule has 0 unspecified atom stereocenters. The van der Waals surface area contributed by atoms with Crippen LogP contribution in [0.5, 0.6) is 0 Å². The van der Waals surface area contributed by atoms with Crippen molar-refractivity contribution in [3.05, 3.63) is 35.4 Å². The van der Waals surface area contributed by atoms with Gasteiger partial charge in [0.2, 0.25) is 11.8 Å². The Morgan fingerprint density at radius 3 is 2.18 bits per heavy atom. The van der Waals surface area contributed by atoms with Crippen LogP contribution in [0.25, 0.3) is 0 Å². The lowest BCUT2D eigenvalue weighted by Crippen LogP contribution is -2.57. The van der Waals surface area contributed by atoms with Crippen LogP contribution in [-0.4, -0.2) is 60.9 Å². The van der Waals surface area contributed by atoms with E-state index in [4.69, 9.17) is 0 Å². The van der Waals surface area contributed by atoms with Gasteiger partial charge in [-0.05, 0) is 12.5 Å². The Balaban J connectivity index is 1.49. The highest BCUT2D eigenvalue weighted by molar-refractivity contribution is 5.81. The summed E-state index contributed by atoms with van der Waals surface area (Å²) in [5.41, 5.74) is 2.25. The van der Waals surface area contributed by atoms with Crippen molar-refractivity contribution in [2.24, 2.45) is 5.92 Å². The highest BCUT2D eigenvalue weighted by atomic mass is 16.2. The largest absolute Gasteiger partial charge is 0.339 e. The predicted octanol–water partition coefficient (Wildman–Crippen LogP) is 0.428. The molecule has 2 fully saturated rings. The van der Waals surface area contributed by atoms with Crippen LogP contribution in [0.4, 0.5) is 0 Å². The molecule has 22 heavy (non-hydrogen) atoms. The van der Waals surface area contributed by atoms with Crippen molar-refractivity contribution in [1.82, 2.24) is 15.1 Å². The number of piperazine rings is 1. The second-order valence-corrected chi connectivity index (χ2v) is 6.22. The third-order valence-electron chi connectivity index (χ3n) is 4.55. The maximum atomic E-state index is 12.3. The summed E-state index contributed by atoms with van der Waals surface area (Å²) < 4.78 is 0. The first kappa shape index (κ1) is 15.0. The van der Waals surface area contributed by atoms with Crippen molar-refractivity contribution in [3.8, 4) is 0 Å². The first-order valence-electron chi connectivity index (χ1n) is 7.96. The Hall–Kier alpha value is -1.88. The summed E-state index contributed by atoms with van der Waals surface area (Å²) in [6.45, 7) is 6.26. The first-order chi connectivity index (χ1) is 10.6. The van der Waals surface area contributed by atoms with Crippen LogP contribution in [0.2, 0.25) is 0 Å². The molecule has 0 radical (unpaired) electrons. The second kappa shape index (κ2) is 6.48. The minimum Gasteiger partial charge on any atom is -0.339 e. The van der Waals surface area contributed by atoms with Crippen molar-refractivity contribution in [1.29, 1.82) is 0 Å². The zero-order chi connectivity index (χ0) is 15.5. The van der Waals surface area contributed by atoms with Crippen LogP contribution >= 0.6 is 0 Å². The Labute approximate surface area is 131 Å². The van der Waals surface area contributed by atoms with Gasteiger partial charge in [-0.15, -0.1) is 0 Å². The lowest BCUT2D eigenvalue weighted by atomic mass is 10.0. The summed E-state index contributed by atoms with van der Waals surface area (Å²) in [6.07, 6.45) is 0.445. The van der Waals surface area contributed by atoms with Crippen LogP contribution in [0.15, 0.2) is 24.3 Å². The third-order valence-corrected chi connectivity index (χ3v) is 4.55. The normalized spacial score (nSPS) is 19.0. The van der Waals surface area contributed by atoms with Gasteiger partial charge < -0.3 is 15.1 Å². The highest BCUT2D eigenvalue weighted by Crippen LogP contribution is 2.12. The number of benzene rings is 1. The summed E-state index contributed by atoms with van der Waals surface area (Å²) in [7, 11) is 0. The van der Waals surface area contributed by atoms with Crippen LogP contribution in [0.1, 0.15) is 11.1 Å². The fourth-order valence-electron chi connectivity index (χ4n) is 2.89. The number of nitrogens with zero attached hydrogens (tertiary/aromatic N) is 2. The number of amides is 2. The number of hydrogen-bond acceptors (Lipinski definition) is 3. The highest BCUT2D eigenvalue weighted by Gasteiger charge is 2.31. The molecule has 2 heterocycles. The molecule has 0 atom stereocenters. The molecule has 5 nitrogen and oxygen atoms in total. The first-order valence-corrected chi connectivity index (χ1v) is 7.96. The van der Waals surface area contributed by atoms with E-state index in [2.05, 4.69) is 5.32 Å². The summed E-state index contributed by atoms with van der Waals surface area (Å²) in [6, 6.07) is 8.09. The van der Waals surface area contributed by atoms with Crippen LogP contribution in [0, 0.1) is 12.8 Å². The maximum Gasteiger partial charge on any atom is 0.228 e. The monoisotopic (exact) mass is 301 g/mol. The van der Waals surface area contributed by atoms with Crippen molar-refractivity contribution in [2.45, 2.75) is 13.3 Å². The van der Waals surface area contributed by atoms with Gasteiger partial charge in [-0.25, -0.2) is 0 Å². The topological polar surface area (TPSA) is 52.7 Å². The molecular weight excluding hydrogens is 278 g/mol. The van der Waals surface area contributed by atoms with Gasteiger partial charge in [-0.3, -0.25) is 9.59 Å². The molecule has 1 aromatic carbocycles. The van der Waals surface area contributed by atoms with Gasteiger partial charge in [-0.2, -0.15) is 0 Å². The molecule has 2 saturated heterocycles. The quantitative estimate of drug-likeness (QED) is 0.881. The van der Waals surface area contributed by atoms with Crippen LogP contribution in [-0.2, 0) is 16.0 Å². The fourth-order valence-corrected chi connectivity index (χ4v) is 2.89. The molecule has 0 saturated carbocycles. The average molecular weight is 301 g/mol. The number of nitrogens with one attached hydrogen (secondary N) is 1. The van der Waals surface area contributed by atoms with E-state index in [9.17, 15) is 9.59 Å². The Morgan fingerprint density at radius 1 is 1.05 bits per heavy atom. The van der Waals surface area contributed by atoms with Crippen LogP contribution < -0.4 is 5.32 Å². The minimum atomic E-state index is 0.148. The lowest BCUT2D eigenvalue weighted by molar-refractivity contribution is -0.143. The fraction of sp³-hybridized carbons (Fsp3) is 0.529. The molecule has 2 aliphatic heterocycles. The van der Waals surface area contributed by atoms with Gasteiger partial charge in [-0.1, -0.05) is 29.8 Å². The molecule has 5 heteroatoms. The zero-order valence-corrected chi connectivity index (χ0v) is 13.0. The summed E-state index contributed by atoms with van der Waals surface area (Å²) >= 11 is 0. The van der Waals surface area contributed by atoms with Gasteiger partial charge in [0.1, 0.15) is 0 Å². The summed E-state index contributed by atoms with van der Waals surface area (Å²) in [4.78, 5) is 28.3. The van der Waals surface area contributed by atoms with E-state index < -0.39 is 0 Å². The number of aryl methyl sites for hydroxylation is 1. The summed E-state index contributed by atoms with van der Waals surface area (Å²) in [5.74, 6) is 0.542. The standard InChI is InChI=1S/C17H23N3O2/c1-13-2-4-14(5-3-13)10-16(21)19-6-8-20(9-7-19)17(22)15-11-18-12-15/h2-5,15,18H,6-12H2,1H3. The molecular formula is C17H23N3O2. The number of rotatable bonds is 3. The summed E-state index contributed by atoms with van der Waals surface area (Å²) in [5, 5.41) is 3.13. The Morgan fingerprint density at radius 2 is 1.64 bits per heavy atom. The third kappa shape index (κ3) is 3.30. The number of carbonyl (C=O) groups is 2. The van der Waals surface area contributed by atoms with Crippen molar-refractivity contribution in [2.75, 3.05) is 39.3 Å². The smallest absolute Gasteiger partial charge is 0.228 e. The number of carbonyl (C=O) groups excluding carboxylic acids is 2. The van der Waals surface area contributed by atoms with E-state index in [1.54, 1.807) is 0 Å². The molecule has 3 rings (SSSR count). The molecule has 1 aromatic rings. The molecule has 0 aliphatic carbocycles. The van der Waals surface area contributed by atoms with E-state index in [0.717, 1.165) is 18.7 Å². The van der Waals surface area contributed by atoms with Crippen molar-refractivity contribution in [3.63, 3.8) is 0 Å². The number of hydrogen-bond donors (Lipinski definition) is 1. The average Bonchev–Trinajstić information content (AvgIpc) is 2.48. The minimum absolute atomic E-state index is 0.148. The van der Waals surface area contributed by atoms with Crippen LogP contribution in [0.3, 0.4) is 0 Å². The van der Waals surface area contributed by atoms with Gasteiger partial charge in [0.05, 0.1) is 12.3 Å². The van der Waals surface area contributed by atoms with E-state index >= 15 is 0 Å². The maximum absolute atomic E-state index is 12.3. The molecule has 0 bridgehead atoms. The molecule has 118 valence electrons. The Kier molecular flexibility index (Phi) is 4.43. The van der Waals surface area contributed by atoms with Gasteiger partial charge in [0, 0.05) is 39.3 Å². The van der Waals surface area contributed by atoms with Gasteiger partial charge in [0.25, 0.3) is 0 Å². The molecule has 1 N–H and O–H groups in total. The lowest BCUT2D eigenvalue weighted by Gasteiger charge is -2.38. The SMILES string of the molecule is Cc1ccc(CC(=O)N2CCN(C(=O)C3CNC3)CC2)cc1. The predicted molar refractivity (Wildman–Crippen MR) is 84.4 cm³/mol. The second-order valence-electron chi connectivity index (χ2n) is 6.22. The molecule has 2 aliphatic rings. The molecule has 2 amide bonds. The molecule has 0 aromatic heterocycles. The molecule has 0 spiro atoms. The van der Waals surface area contributed by atoms with E-state index in [1.807, 2.05) is 41.0 Å².